The van der Waals surface area contributed by atoms with Crippen LogP contribution < -0.4 is 10.2 Å². The number of fused-ring (bicyclic) bond motifs is 1. The maximum absolute atomic E-state index is 12.5. The SMILES string of the molecule is COc1cccc(-n2c(C)cc(C=NNC(=O)c3cc4cc([N+](=O)[O-])ccc4s3)c2C)c1. The van der Waals surface area contributed by atoms with Crippen molar-refractivity contribution in [2.75, 3.05) is 7.11 Å². The van der Waals surface area contributed by atoms with Gasteiger partial charge in [-0.1, -0.05) is 6.07 Å². The van der Waals surface area contributed by atoms with Crippen LogP contribution >= 0.6 is 11.3 Å². The first kappa shape index (κ1) is 21.3. The molecule has 0 saturated heterocycles. The first-order chi connectivity index (χ1) is 15.4. The molecule has 0 radical (unpaired) electrons. The van der Waals surface area contributed by atoms with Gasteiger partial charge in [-0.05, 0) is 44.2 Å². The summed E-state index contributed by atoms with van der Waals surface area (Å²) in [6, 6.07) is 15.9. The average Bonchev–Trinajstić information content (AvgIpc) is 3.33. The van der Waals surface area contributed by atoms with Crippen molar-refractivity contribution in [2.24, 2.45) is 5.10 Å². The Balaban J connectivity index is 1.52. The molecule has 0 aliphatic rings. The first-order valence-corrected chi connectivity index (χ1v) is 10.5. The monoisotopic (exact) mass is 448 g/mol. The molecule has 2 aromatic carbocycles. The molecule has 0 bridgehead atoms. The number of methoxy groups -OCH3 is 1. The predicted molar refractivity (Wildman–Crippen MR) is 125 cm³/mol. The minimum atomic E-state index is -0.455. The zero-order valence-electron chi connectivity index (χ0n) is 17.7. The van der Waals surface area contributed by atoms with Gasteiger partial charge in [0.15, 0.2) is 0 Å². The normalized spacial score (nSPS) is 11.2. The van der Waals surface area contributed by atoms with Crippen LogP contribution in [0.25, 0.3) is 15.8 Å². The second-order valence-corrected chi connectivity index (χ2v) is 8.24. The lowest BCUT2D eigenvalue weighted by molar-refractivity contribution is -0.384. The highest BCUT2D eigenvalue weighted by atomic mass is 32.1. The quantitative estimate of drug-likeness (QED) is 0.255. The van der Waals surface area contributed by atoms with Gasteiger partial charge in [0, 0.05) is 50.9 Å². The number of benzene rings is 2. The predicted octanol–water partition coefficient (Wildman–Crippen LogP) is 4.99. The number of hydrazone groups is 1. The van der Waals surface area contributed by atoms with Gasteiger partial charge in [0.1, 0.15) is 5.75 Å². The molecule has 4 aromatic rings. The molecule has 4 rings (SSSR count). The molecule has 0 spiro atoms. The summed E-state index contributed by atoms with van der Waals surface area (Å²) >= 11 is 1.26. The lowest BCUT2D eigenvalue weighted by Crippen LogP contribution is -2.16. The third kappa shape index (κ3) is 4.10. The van der Waals surface area contributed by atoms with E-state index in [0.29, 0.717) is 10.3 Å². The summed E-state index contributed by atoms with van der Waals surface area (Å²) in [4.78, 5) is 23.4. The Morgan fingerprint density at radius 2 is 2.00 bits per heavy atom. The van der Waals surface area contributed by atoms with Gasteiger partial charge >= 0.3 is 0 Å². The number of carbonyl (C=O) groups is 1. The molecule has 162 valence electrons. The Bertz CT molecular complexity index is 1370. The van der Waals surface area contributed by atoms with Crippen LogP contribution in [-0.2, 0) is 0 Å². The third-order valence-corrected chi connectivity index (χ3v) is 6.20. The van der Waals surface area contributed by atoms with Crippen LogP contribution in [0.4, 0.5) is 5.69 Å². The van der Waals surface area contributed by atoms with Crippen LogP contribution in [0.1, 0.15) is 26.6 Å². The van der Waals surface area contributed by atoms with Gasteiger partial charge < -0.3 is 9.30 Å². The Morgan fingerprint density at radius 3 is 2.75 bits per heavy atom. The zero-order chi connectivity index (χ0) is 22.8. The summed E-state index contributed by atoms with van der Waals surface area (Å²) in [6.07, 6.45) is 1.61. The van der Waals surface area contributed by atoms with E-state index in [4.69, 9.17) is 4.74 Å². The number of amides is 1. The summed E-state index contributed by atoms with van der Waals surface area (Å²) in [5, 5.41) is 15.7. The van der Waals surface area contributed by atoms with Gasteiger partial charge in [-0.15, -0.1) is 11.3 Å². The van der Waals surface area contributed by atoms with Crippen molar-refractivity contribution >= 4 is 39.2 Å². The number of hydrogen-bond donors (Lipinski definition) is 1. The molecule has 9 heteroatoms. The summed E-state index contributed by atoms with van der Waals surface area (Å²) in [7, 11) is 1.63. The molecular weight excluding hydrogens is 428 g/mol. The highest BCUT2D eigenvalue weighted by Gasteiger charge is 2.14. The van der Waals surface area contributed by atoms with Gasteiger partial charge in [0.25, 0.3) is 11.6 Å². The number of nitro benzene ring substituents is 1. The van der Waals surface area contributed by atoms with E-state index in [0.717, 1.165) is 33.1 Å². The van der Waals surface area contributed by atoms with Crippen molar-refractivity contribution in [3.63, 3.8) is 0 Å². The lowest BCUT2D eigenvalue weighted by atomic mass is 10.2. The van der Waals surface area contributed by atoms with E-state index in [1.54, 1.807) is 25.5 Å². The van der Waals surface area contributed by atoms with Crippen molar-refractivity contribution in [3.05, 3.63) is 86.5 Å². The van der Waals surface area contributed by atoms with Crippen molar-refractivity contribution < 1.29 is 14.5 Å². The Labute approximate surface area is 187 Å². The molecule has 0 aliphatic carbocycles. The highest BCUT2D eigenvalue weighted by Crippen LogP contribution is 2.29. The van der Waals surface area contributed by atoms with E-state index >= 15 is 0 Å². The van der Waals surface area contributed by atoms with Gasteiger partial charge in [-0.25, -0.2) is 5.43 Å². The molecular formula is C23H20N4O4S. The molecule has 2 aromatic heterocycles. The smallest absolute Gasteiger partial charge is 0.281 e. The Morgan fingerprint density at radius 1 is 1.19 bits per heavy atom. The number of nitrogens with one attached hydrogen (secondary N) is 1. The Hall–Kier alpha value is -3.98. The van der Waals surface area contributed by atoms with Crippen molar-refractivity contribution in [2.45, 2.75) is 13.8 Å². The number of nitrogens with zero attached hydrogens (tertiary/aromatic N) is 3. The van der Waals surface area contributed by atoms with E-state index in [2.05, 4.69) is 15.1 Å². The molecule has 0 atom stereocenters. The molecule has 1 N–H and O–H groups in total. The molecule has 0 saturated carbocycles. The minimum absolute atomic E-state index is 0.00771. The van der Waals surface area contributed by atoms with E-state index in [-0.39, 0.29) is 11.6 Å². The zero-order valence-corrected chi connectivity index (χ0v) is 18.5. The fourth-order valence-corrected chi connectivity index (χ4v) is 4.47. The van der Waals surface area contributed by atoms with Gasteiger partial charge in [-0.2, -0.15) is 5.10 Å². The topological polar surface area (TPSA) is 98.8 Å². The number of rotatable bonds is 6. The third-order valence-electron chi connectivity index (χ3n) is 5.09. The maximum Gasteiger partial charge on any atom is 0.281 e. The van der Waals surface area contributed by atoms with E-state index in [9.17, 15) is 14.9 Å². The number of hydrogen-bond acceptors (Lipinski definition) is 6. The maximum atomic E-state index is 12.5. The van der Waals surface area contributed by atoms with Crippen LogP contribution in [0.3, 0.4) is 0 Å². The van der Waals surface area contributed by atoms with Gasteiger partial charge in [0.05, 0.1) is 23.1 Å². The Kier molecular flexibility index (Phi) is 5.74. The minimum Gasteiger partial charge on any atom is -0.497 e. The largest absolute Gasteiger partial charge is 0.497 e. The molecule has 0 aliphatic heterocycles. The standard InChI is InChI=1S/C23H20N4O4S/c1-14-9-17(15(2)26(14)18-5-4-6-20(12-18)31-3)13-24-25-23(28)22-11-16-10-19(27(29)30)7-8-21(16)32-22/h4-13H,1-3H3,(H,25,28). The number of non-ortho nitro benzene ring substituents is 1. The van der Waals surface area contributed by atoms with Gasteiger partial charge in [-0.3, -0.25) is 14.9 Å². The number of ether oxygens (including phenoxy) is 1. The van der Waals surface area contributed by atoms with Crippen LogP contribution in [-0.4, -0.2) is 28.7 Å². The van der Waals surface area contributed by atoms with Crippen LogP contribution in [0, 0.1) is 24.0 Å². The molecule has 0 unspecified atom stereocenters. The van der Waals surface area contributed by atoms with Gasteiger partial charge in [0.2, 0.25) is 0 Å². The summed E-state index contributed by atoms with van der Waals surface area (Å²) < 4.78 is 8.20. The molecule has 2 heterocycles. The molecule has 1 amide bonds. The van der Waals surface area contributed by atoms with Crippen LogP contribution in [0.5, 0.6) is 5.75 Å². The fraction of sp³-hybridized carbons (Fsp3) is 0.130. The number of aromatic nitrogens is 1. The summed E-state index contributed by atoms with van der Waals surface area (Å²) in [5.41, 5.74) is 6.37. The molecule has 0 fully saturated rings. The number of aryl methyl sites for hydroxylation is 1. The van der Waals surface area contributed by atoms with E-state index in [1.165, 1.54) is 23.5 Å². The molecule has 8 nitrogen and oxygen atoms in total. The summed E-state index contributed by atoms with van der Waals surface area (Å²) in [6.45, 7) is 3.98. The van der Waals surface area contributed by atoms with Crippen LogP contribution in [0.15, 0.2) is 59.7 Å². The average molecular weight is 449 g/mol. The van der Waals surface area contributed by atoms with Crippen molar-refractivity contribution in [1.82, 2.24) is 9.99 Å². The number of thiophene rings is 1. The van der Waals surface area contributed by atoms with Crippen LogP contribution in [0.2, 0.25) is 0 Å². The first-order valence-electron chi connectivity index (χ1n) is 9.72. The molecule has 32 heavy (non-hydrogen) atoms. The number of carbonyl (C=O) groups excluding carboxylic acids is 1. The van der Waals surface area contributed by atoms with E-state index < -0.39 is 4.92 Å². The second kappa shape index (κ2) is 8.64. The fourth-order valence-electron chi connectivity index (χ4n) is 3.54. The van der Waals surface area contributed by atoms with Crippen molar-refractivity contribution in [1.29, 1.82) is 0 Å². The summed E-state index contributed by atoms with van der Waals surface area (Å²) in [5.74, 6) is 0.401. The van der Waals surface area contributed by atoms with Crippen molar-refractivity contribution in [3.8, 4) is 11.4 Å². The second-order valence-electron chi connectivity index (χ2n) is 7.15. The van der Waals surface area contributed by atoms with E-state index in [1.807, 2.05) is 44.2 Å². The highest BCUT2D eigenvalue weighted by molar-refractivity contribution is 7.20. The lowest BCUT2D eigenvalue weighted by Gasteiger charge is -2.11. The number of nitro groups is 1.